The number of benzene rings is 1. The quantitative estimate of drug-likeness (QED) is 0.677. The minimum Gasteiger partial charge on any atom is -0.322 e. The van der Waals surface area contributed by atoms with Gasteiger partial charge in [0.2, 0.25) is 0 Å². The maximum atomic E-state index is 12.6. The summed E-state index contributed by atoms with van der Waals surface area (Å²) < 4.78 is 1.72. The summed E-state index contributed by atoms with van der Waals surface area (Å²) in [6, 6.07) is 9.32. The molecule has 3 rings (SSSR count). The zero-order valence-corrected chi connectivity index (χ0v) is 15.4. The maximum Gasteiger partial charge on any atom is 0.260 e. The summed E-state index contributed by atoms with van der Waals surface area (Å²) in [6.07, 6.45) is 5.11. The molecule has 0 aliphatic carbocycles. The number of pyridine rings is 1. The van der Waals surface area contributed by atoms with Gasteiger partial charge in [-0.25, -0.2) is 0 Å². The lowest BCUT2D eigenvalue weighted by Gasteiger charge is -2.08. The Morgan fingerprint density at radius 3 is 2.76 bits per heavy atom. The van der Waals surface area contributed by atoms with Crippen LogP contribution in [-0.2, 0) is 12.8 Å². The highest BCUT2D eigenvalue weighted by atomic mass is 35.5. The molecule has 2 aromatic heterocycles. The third kappa shape index (κ3) is 4.21. The van der Waals surface area contributed by atoms with Gasteiger partial charge in [0.05, 0.1) is 11.8 Å². The van der Waals surface area contributed by atoms with E-state index in [2.05, 4.69) is 15.4 Å². The van der Waals surface area contributed by atoms with Crippen molar-refractivity contribution in [1.82, 2.24) is 14.8 Å². The third-order valence-electron chi connectivity index (χ3n) is 3.67. The number of nitrogens with zero attached hydrogens (tertiary/aromatic N) is 3. The third-order valence-corrected chi connectivity index (χ3v) is 5.33. The SMILES string of the molecule is Cc1cc(NC(=O)c2cnn(C)c2SCc2ccncc2)ccc1Cl. The number of thioether (sulfide) groups is 1. The van der Waals surface area contributed by atoms with Crippen LogP contribution in [0.4, 0.5) is 5.69 Å². The predicted octanol–water partition coefficient (Wildman–Crippen LogP) is 4.32. The van der Waals surface area contributed by atoms with Crippen LogP contribution in [0.1, 0.15) is 21.5 Å². The zero-order chi connectivity index (χ0) is 17.8. The van der Waals surface area contributed by atoms with Crippen LogP contribution < -0.4 is 5.32 Å². The van der Waals surface area contributed by atoms with E-state index in [1.165, 1.54) is 0 Å². The van der Waals surface area contributed by atoms with Crippen LogP contribution in [-0.4, -0.2) is 20.7 Å². The number of carbonyl (C=O) groups excluding carboxylic acids is 1. The first-order valence-corrected chi connectivity index (χ1v) is 9.02. The van der Waals surface area contributed by atoms with Crippen molar-refractivity contribution in [3.63, 3.8) is 0 Å². The van der Waals surface area contributed by atoms with Crippen molar-refractivity contribution >= 4 is 35.0 Å². The number of carbonyl (C=O) groups is 1. The number of nitrogens with one attached hydrogen (secondary N) is 1. The van der Waals surface area contributed by atoms with Crippen LogP contribution >= 0.6 is 23.4 Å². The van der Waals surface area contributed by atoms with E-state index < -0.39 is 0 Å². The van der Waals surface area contributed by atoms with Crippen LogP contribution in [0, 0.1) is 6.92 Å². The van der Waals surface area contributed by atoms with Crippen molar-refractivity contribution in [1.29, 1.82) is 0 Å². The standard InChI is InChI=1S/C18H17ClN4OS/c1-12-9-14(3-4-16(12)19)22-17(24)15-10-21-23(2)18(15)25-11-13-5-7-20-8-6-13/h3-10H,11H2,1-2H3,(H,22,24). The molecule has 2 heterocycles. The number of aryl methyl sites for hydroxylation is 2. The van der Waals surface area contributed by atoms with E-state index in [0.717, 1.165) is 21.9 Å². The molecule has 1 aromatic carbocycles. The fraction of sp³-hybridized carbons (Fsp3) is 0.167. The molecule has 0 atom stereocenters. The molecule has 5 nitrogen and oxygen atoms in total. The summed E-state index contributed by atoms with van der Waals surface area (Å²) in [5.74, 6) is 0.551. The Bertz CT molecular complexity index is 895. The molecule has 0 radical (unpaired) electrons. The van der Waals surface area contributed by atoms with Crippen LogP contribution in [0.5, 0.6) is 0 Å². The van der Waals surface area contributed by atoms with Gasteiger partial charge < -0.3 is 5.32 Å². The van der Waals surface area contributed by atoms with Crippen LogP contribution in [0.3, 0.4) is 0 Å². The van der Waals surface area contributed by atoms with E-state index in [9.17, 15) is 4.79 Å². The molecule has 1 N–H and O–H groups in total. The molecule has 1 amide bonds. The van der Waals surface area contributed by atoms with Crippen molar-refractivity contribution in [3.8, 4) is 0 Å². The van der Waals surface area contributed by atoms with E-state index >= 15 is 0 Å². The molecule has 0 saturated heterocycles. The summed E-state index contributed by atoms with van der Waals surface area (Å²) in [4.78, 5) is 16.6. The summed E-state index contributed by atoms with van der Waals surface area (Å²) in [7, 11) is 1.83. The van der Waals surface area contributed by atoms with Gasteiger partial charge in [0, 0.05) is 35.9 Å². The number of halogens is 1. The first kappa shape index (κ1) is 17.5. The van der Waals surface area contributed by atoms with Crippen molar-refractivity contribution in [2.24, 2.45) is 7.05 Å². The molecule has 3 aromatic rings. The maximum absolute atomic E-state index is 12.6. The predicted molar refractivity (Wildman–Crippen MR) is 101 cm³/mol. The lowest BCUT2D eigenvalue weighted by molar-refractivity contribution is 0.102. The van der Waals surface area contributed by atoms with Gasteiger partial charge in [-0.3, -0.25) is 14.5 Å². The van der Waals surface area contributed by atoms with Gasteiger partial charge in [-0.1, -0.05) is 11.6 Å². The second-order valence-electron chi connectivity index (χ2n) is 5.55. The van der Waals surface area contributed by atoms with Gasteiger partial charge >= 0.3 is 0 Å². The number of rotatable bonds is 5. The Morgan fingerprint density at radius 1 is 1.28 bits per heavy atom. The largest absolute Gasteiger partial charge is 0.322 e. The number of hydrogen-bond donors (Lipinski definition) is 1. The van der Waals surface area contributed by atoms with E-state index in [1.807, 2.05) is 32.2 Å². The van der Waals surface area contributed by atoms with E-state index in [1.54, 1.807) is 47.2 Å². The lowest BCUT2D eigenvalue weighted by Crippen LogP contribution is -2.12. The lowest BCUT2D eigenvalue weighted by atomic mass is 10.2. The van der Waals surface area contributed by atoms with Gasteiger partial charge in [0.25, 0.3) is 5.91 Å². The molecular weight excluding hydrogens is 356 g/mol. The van der Waals surface area contributed by atoms with E-state index in [4.69, 9.17) is 11.6 Å². The Hall–Kier alpha value is -2.31. The van der Waals surface area contributed by atoms with Crippen LogP contribution in [0.25, 0.3) is 0 Å². The molecule has 25 heavy (non-hydrogen) atoms. The van der Waals surface area contributed by atoms with Gasteiger partial charge in [-0.05, 0) is 48.4 Å². The summed E-state index contributed by atoms with van der Waals surface area (Å²) in [5.41, 5.74) is 3.31. The monoisotopic (exact) mass is 372 g/mol. The fourth-order valence-corrected chi connectivity index (χ4v) is 3.45. The number of amides is 1. The number of hydrogen-bond acceptors (Lipinski definition) is 4. The normalized spacial score (nSPS) is 10.7. The van der Waals surface area contributed by atoms with Crippen molar-refractivity contribution < 1.29 is 4.79 Å². The zero-order valence-electron chi connectivity index (χ0n) is 13.9. The number of aromatic nitrogens is 3. The molecule has 0 aliphatic rings. The topological polar surface area (TPSA) is 59.8 Å². The average molecular weight is 373 g/mol. The Kier molecular flexibility index (Phi) is 5.40. The van der Waals surface area contributed by atoms with Crippen molar-refractivity contribution in [2.75, 3.05) is 5.32 Å². The van der Waals surface area contributed by atoms with Gasteiger partial charge in [0.1, 0.15) is 5.03 Å². The smallest absolute Gasteiger partial charge is 0.260 e. The molecule has 0 bridgehead atoms. The fourth-order valence-electron chi connectivity index (χ4n) is 2.30. The molecule has 7 heteroatoms. The highest BCUT2D eigenvalue weighted by molar-refractivity contribution is 7.98. The van der Waals surface area contributed by atoms with Crippen LogP contribution in [0.15, 0.2) is 53.9 Å². The Morgan fingerprint density at radius 2 is 2.04 bits per heavy atom. The number of anilines is 1. The average Bonchev–Trinajstić information content (AvgIpc) is 2.98. The Balaban J connectivity index is 1.75. The first-order valence-electron chi connectivity index (χ1n) is 7.66. The summed E-state index contributed by atoms with van der Waals surface area (Å²) >= 11 is 7.60. The van der Waals surface area contributed by atoms with E-state index in [0.29, 0.717) is 16.3 Å². The molecule has 0 spiro atoms. The summed E-state index contributed by atoms with van der Waals surface area (Å²) in [6.45, 7) is 1.90. The van der Waals surface area contributed by atoms with Crippen molar-refractivity contribution in [2.45, 2.75) is 17.7 Å². The summed E-state index contributed by atoms with van der Waals surface area (Å²) in [5, 5.41) is 8.62. The second kappa shape index (κ2) is 7.72. The second-order valence-corrected chi connectivity index (χ2v) is 6.92. The Labute approximate surface area is 155 Å². The minimum absolute atomic E-state index is 0.188. The van der Waals surface area contributed by atoms with E-state index in [-0.39, 0.29) is 5.91 Å². The minimum atomic E-state index is -0.188. The highest BCUT2D eigenvalue weighted by Crippen LogP contribution is 2.27. The molecule has 128 valence electrons. The molecule has 0 aliphatic heterocycles. The molecule has 0 fully saturated rings. The van der Waals surface area contributed by atoms with Crippen LogP contribution in [0.2, 0.25) is 5.02 Å². The highest BCUT2D eigenvalue weighted by Gasteiger charge is 2.17. The van der Waals surface area contributed by atoms with Gasteiger partial charge in [-0.2, -0.15) is 5.10 Å². The molecule has 0 unspecified atom stereocenters. The van der Waals surface area contributed by atoms with Gasteiger partial charge in [0.15, 0.2) is 0 Å². The van der Waals surface area contributed by atoms with Crippen molar-refractivity contribution in [3.05, 3.63) is 70.6 Å². The molecular formula is C18H17ClN4OS. The molecule has 0 saturated carbocycles. The first-order chi connectivity index (χ1) is 12.0. The van der Waals surface area contributed by atoms with Gasteiger partial charge in [-0.15, -0.1) is 11.8 Å².